The molecule has 22 atom stereocenters. The van der Waals surface area contributed by atoms with Gasteiger partial charge in [0.05, 0.1) is 24.7 Å². The highest BCUT2D eigenvalue weighted by molar-refractivity contribution is 5.70. The zero-order chi connectivity index (χ0) is 41.4. The Kier molecular flexibility index (Phi) is 13.9. The number of hydrogen-bond acceptors (Lipinski definition) is 4. The quantitative estimate of drug-likeness (QED) is 0.192. The fourth-order valence-electron chi connectivity index (χ4n) is 18.7. The van der Waals surface area contributed by atoms with Crippen LogP contribution >= 0.6 is 0 Å². The van der Waals surface area contributed by atoms with Gasteiger partial charge in [0, 0.05) is 0 Å². The number of aliphatic hydroxyl groups excluding tert-OH is 3. The summed E-state index contributed by atoms with van der Waals surface area (Å²) in [4.78, 5) is 11.8. The Hall–Kier alpha value is -0.910. The van der Waals surface area contributed by atoms with Crippen molar-refractivity contribution in [1.82, 2.24) is 0 Å². The number of rotatable bonds is 7. The van der Waals surface area contributed by atoms with Gasteiger partial charge in [-0.15, -0.1) is 0 Å². The molecule has 8 saturated carbocycles. The summed E-state index contributed by atoms with van der Waals surface area (Å²) in [6.45, 7) is 24.0. The van der Waals surface area contributed by atoms with Crippen molar-refractivity contribution in [2.45, 2.75) is 192 Å². The molecule has 0 amide bonds. The summed E-state index contributed by atoms with van der Waals surface area (Å²) >= 11 is 0. The number of carboxylic acids is 1. The normalized spacial score (nSPS) is 52.9. The van der Waals surface area contributed by atoms with Crippen LogP contribution in [-0.2, 0) is 4.79 Å². The van der Waals surface area contributed by atoms with E-state index in [2.05, 4.69) is 68.4 Å². The molecule has 0 bridgehead atoms. The Morgan fingerprint density at radius 1 is 0.621 bits per heavy atom. The molecule has 8 aliphatic rings. The van der Waals surface area contributed by atoms with Crippen LogP contribution in [0.15, 0.2) is 12.2 Å². The second-order valence-electron chi connectivity index (χ2n) is 23.7. The van der Waals surface area contributed by atoms with Crippen LogP contribution in [0, 0.1) is 116 Å². The molecule has 0 spiro atoms. The van der Waals surface area contributed by atoms with Crippen molar-refractivity contribution < 1.29 is 25.2 Å². The molecule has 8 aliphatic carbocycles. The van der Waals surface area contributed by atoms with Gasteiger partial charge in [0.2, 0.25) is 0 Å². The molecular weight excluding hydrogens is 717 g/mol. The number of aliphatic hydroxyl groups is 3. The van der Waals surface area contributed by atoms with Crippen molar-refractivity contribution >= 4 is 5.97 Å². The molecule has 0 radical (unpaired) electrons. The van der Waals surface area contributed by atoms with E-state index in [-0.39, 0.29) is 43.5 Å². The Morgan fingerprint density at radius 3 is 1.43 bits per heavy atom. The zero-order valence-electron chi connectivity index (χ0n) is 38.3. The molecule has 0 aromatic heterocycles. The van der Waals surface area contributed by atoms with Crippen LogP contribution in [0.1, 0.15) is 179 Å². The van der Waals surface area contributed by atoms with E-state index in [4.69, 9.17) is 0 Å². The molecule has 334 valence electrons. The van der Waals surface area contributed by atoms with Crippen molar-refractivity contribution in [2.24, 2.45) is 116 Å². The topological polar surface area (TPSA) is 98.0 Å². The van der Waals surface area contributed by atoms with E-state index in [1.807, 2.05) is 13.0 Å². The number of carboxylic acid groups (broad SMARTS) is 1. The fourth-order valence-corrected chi connectivity index (χ4v) is 18.7. The summed E-state index contributed by atoms with van der Waals surface area (Å²) in [6.07, 6.45) is 23.9. The first-order chi connectivity index (χ1) is 26.9. The average Bonchev–Trinajstić information content (AvgIpc) is 3.72. The second-order valence-corrected chi connectivity index (χ2v) is 23.7. The minimum Gasteiger partial charge on any atom is -0.481 e. The van der Waals surface area contributed by atoms with E-state index < -0.39 is 5.97 Å². The lowest BCUT2D eigenvalue weighted by Gasteiger charge is -2.65. The van der Waals surface area contributed by atoms with Gasteiger partial charge in [-0.25, -0.2) is 0 Å². The minimum absolute atomic E-state index is 0. The van der Waals surface area contributed by atoms with Crippen molar-refractivity contribution in [2.75, 3.05) is 6.61 Å². The third-order valence-electron chi connectivity index (χ3n) is 21.7. The molecular formula is C53H92O5. The van der Waals surface area contributed by atoms with Crippen LogP contribution in [0.2, 0.25) is 0 Å². The van der Waals surface area contributed by atoms with Crippen molar-refractivity contribution in [3.05, 3.63) is 12.2 Å². The van der Waals surface area contributed by atoms with E-state index in [1.165, 1.54) is 70.6 Å². The van der Waals surface area contributed by atoms with E-state index in [1.54, 1.807) is 0 Å². The molecule has 4 N–H and O–H groups in total. The van der Waals surface area contributed by atoms with Crippen molar-refractivity contribution in [3.63, 3.8) is 0 Å². The first-order valence-electron chi connectivity index (χ1n) is 24.8. The van der Waals surface area contributed by atoms with Gasteiger partial charge in [0.1, 0.15) is 0 Å². The van der Waals surface area contributed by atoms with Crippen LogP contribution < -0.4 is 0 Å². The van der Waals surface area contributed by atoms with Gasteiger partial charge < -0.3 is 20.4 Å². The summed E-state index contributed by atoms with van der Waals surface area (Å²) in [5.41, 5.74) is 1.25. The maximum atomic E-state index is 11.8. The van der Waals surface area contributed by atoms with E-state index in [9.17, 15) is 25.2 Å². The lowest BCUT2D eigenvalue weighted by molar-refractivity contribution is -0.199. The van der Waals surface area contributed by atoms with Gasteiger partial charge in [-0.2, -0.15) is 0 Å². The molecule has 0 aliphatic heterocycles. The maximum absolute atomic E-state index is 11.8. The third-order valence-corrected chi connectivity index (χ3v) is 21.7. The average molecular weight is 809 g/mol. The first kappa shape index (κ1) is 46.6. The van der Waals surface area contributed by atoms with Gasteiger partial charge in [-0.05, 0) is 187 Å². The molecule has 5 nitrogen and oxygen atoms in total. The lowest BCUT2D eigenvalue weighted by Crippen LogP contribution is -2.61. The van der Waals surface area contributed by atoms with Crippen LogP contribution in [0.25, 0.3) is 0 Å². The van der Waals surface area contributed by atoms with Crippen molar-refractivity contribution in [1.29, 1.82) is 0 Å². The van der Waals surface area contributed by atoms with E-state index in [0.29, 0.717) is 75.4 Å². The Labute approximate surface area is 356 Å². The summed E-state index contributed by atoms with van der Waals surface area (Å²) in [5, 5.41) is 42.4. The molecule has 0 aromatic carbocycles. The molecule has 0 saturated heterocycles. The largest absolute Gasteiger partial charge is 0.481 e. The smallest absolute Gasteiger partial charge is 0.306 e. The summed E-state index contributed by atoms with van der Waals surface area (Å²) < 4.78 is 0. The predicted octanol–water partition coefficient (Wildman–Crippen LogP) is 12.3. The van der Waals surface area contributed by atoms with Gasteiger partial charge in [0.15, 0.2) is 0 Å². The highest BCUT2D eigenvalue weighted by Gasteiger charge is 2.66. The maximum Gasteiger partial charge on any atom is 0.306 e. The van der Waals surface area contributed by atoms with E-state index >= 15 is 0 Å². The number of hydrogen-bond donors (Lipinski definition) is 4. The number of carbonyl (C=O) groups is 1. The summed E-state index contributed by atoms with van der Waals surface area (Å²) in [5.74, 6) is 7.90. The summed E-state index contributed by atoms with van der Waals surface area (Å²) in [7, 11) is 0. The number of allylic oxidation sites excluding steroid dienone is 1. The molecule has 0 heterocycles. The Bertz CT molecular complexity index is 1440. The highest BCUT2D eigenvalue weighted by atomic mass is 16.4. The van der Waals surface area contributed by atoms with Gasteiger partial charge in [-0.3, -0.25) is 4.79 Å². The Morgan fingerprint density at radius 2 is 1.02 bits per heavy atom. The number of aliphatic carboxylic acids is 1. The second kappa shape index (κ2) is 17.3. The van der Waals surface area contributed by atoms with Crippen LogP contribution in [-0.4, -0.2) is 45.2 Å². The highest BCUT2D eigenvalue weighted by Crippen LogP contribution is 2.71. The monoisotopic (exact) mass is 809 g/mol. The molecule has 0 aromatic rings. The van der Waals surface area contributed by atoms with E-state index in [0.717, 1.165) is 55.8 Å². The zero-order valence-corrected chi connectivity index (χ0v) is 38.3. The summed E-state index contributed by atoms with van der Waals surface area (Å²) in [6, 6.07) is 0. The molecule has 8 fully saturated rings. The number of fused-ring (bicyclic) bond motifs is 10. The fraction of sp³-hybridized carbons (Fsp3) is 0.943. The van der Waals surface area contributed by atoms with Crippen LogP contribution in [0.5, 0.6) is 0 Å². The van der Waals surface area contributed by atoms with Gasteiger partial charge in [-0.1, -0.05) is 114 Å². The standard InChI is InChI=1S/C27H46O2.C25H42O3.CH4/c1-6-19-23-16-17(2)11-13-27(23,5)22-12-14-26(4)20(18(3)8-7-15-28)9-10-21(26)24(22)25(19)29;1-6-16-20-13-14(2)9-11-25(20,5)19-10-12-24(4)17(15(3)23(27)28)7-8-18(24)21(19)22(16)26;/h7-8,17-25,28-29H,6,9-16H2,1-5H3;14-22,26H,6-13H2,1-5H3,(H,27,28);1H4/b8-7+;;/t17-,18-,19-,20-,21+,22+,23+,24+,25-,26-,27-;14-,15+,16-,17-,18+,19+,20+,21+,22-,24-,25-;/m11./s1. The SMILES string of the molecule is C.CC[C@H]1[C@@H](O)[C@@H]2[C@H](CC[C@]3(C)[C@@H]([C@H](C)/C=C/CO)CC[C@@H]23)[C@@]2(C)CC[C@@H](C)C[C@@H]12.CC[C@H]1[C@@H](O)[C@@H]2[C@H](CC[C@]3(C)[C@@H]([C@H](C)C(=O)O)CC[C@@H]23)[C@@]2(C)CC[C@@H](C)C[C@@H]12. The lowest BCUT2D eigenvalue weighted by atomic mass is 9.41. The first-order valence-corrected chi connectivity index (χ1v) is 24.8. The molecule has 58 heavy (non-hydrogen) atoms. The van der Waals surface area contributed by atoms with Gasteiger partial charge in [0.25, 0.3) is 0 Å². The van der Waals surface area contributed by atoms with Crippen molar-refractivity contribution in [3.8, 4) is 0 Å². The minimum atomic E-state index is -0.641. The van der Waals surface area contributed by atoms with Crippen LogP contribution in [0.4, 0.5) is 0 Å². The Balaban J connectivity index is 0.000000192. The van der Waals surface area contributed by atoms with Gasteiger partial charge >= 0.3 is 5.97 Å². The third kappa shape index (κ3) is 7.25. The predicted molar refractivity (Wildman–Crippen MR) is 239 cm³/mol. The molecule has 8 rings (SSSR count). The molecule has 5 heteroatoms. The van der Waals surface area contributed by atoms with Crippen LogP contribution in [0.3, 0.4) is 0 Å². The molecule has 0 unspecified atom stereocenters.